The van der Waals surface area contributed by atoms with Gasteiger partial charge in [-0.05, 0) is 18.1 Å². The van der Waals surface area contributed by atoms with Gasteiger partial charge in [0, 0.05) is 11.1 Å². The van der Waals surface area contributed by atoms with Crippen LogP contribution in [0, 0.1) is 0 Å². The predicted molar refractivity (Wildman–Crippen MR) is 108 cm³/mol. The van der Waals surface area contributed by atoms with Gasteiger partial charge >= 0.3 is 0 Å². The van der Waals surface area contributed by atoms with Gasteiger partial charge in [-0.3, -0.25) is 0 Å². The molecule has 0 atom stereocenters. The molecule has 134 valence electrons. The summed E-state index contributed by atoms with van der Waals surface area (Å²) >= 11 is 0. The minimum atomic E-state index is -1.74. The number of oxime groups is 1. The van der Waals surface area contributed by atoms with Crippen molar-refractivity contribution in [3.8, 4) is 0 Å². The molecule has 2 aromatic rings. The zero-order chi connectivity index (χ0) is 18.3. The SMILES string of the molecule is CC(C)(C)[Si](C)(C)OCCON=C(c1ccccc1)c1ccccc1. The molecule has 2 aromatic carbocycles. The molecule has 4 heteroatoms. The predicted octanol–water partition coefficient (Wildman–Crippen LogP) is 5.48. The second-order valence-corrected chi connectivity index (χ2v) is 12.4. The molecule has 0 bridgehead atoms. The first-order valence-corrected chi connectivity index (χ1v) is 11.7. The average Bonchev–Trinajstić information content (AvgIpc) is 2.58. The van der Waals surface area contributed by atoms with Crippen LogP contribution in [-0.4, -0.2) is 27.2 Å². The van der Waals surface area contributed by atoms with E-state index in [1.165, 1.54) is 0 Å². The lowest BCUT2D eigenvalue weighted by Gasteiger charge is -2.35. The molecule has 0 unspecified atom stereocenters. The Bertz CT molecular complexity index is 635. The van der Waals surface area contributed by atoms with Gasteiger partial charge in [-0.1, -0.05) is 86.6 Å². The summed E-state index contributed by atoms with van der Waals surface area (Å²) in [6, 6.07) is 20.2. The topological polar surface area (TPSA) is 30.8 Å². The third-order valence-electron chi connectivity index (χ3n) is 4.69. The van der Waals surface area contributed by atoms with Gasteiger partial charge in [-0.2, -0.15) is 0 Å². The highest BCUT2D eigenvalue weighted by Gasteiger charge is 2.36. The van der Waals surface area contributed by atoms with Crippen LogP contribution in [0.3, 0.4) is 0 Å². The maximum Gasteiger partial charge on any atom is 0.192 e. The fourth-order valence-corrected chi connectivity index (χ4v) is 3.15. The van der Waals surface area contributed by atoms with Crippen LogP contribution in [0.1, 0.15) is 31.9 Å². The number of hydrogen-bond acceptors (Lipinski definition) is 3. The van der Waals surface area contributed by atoms with Gasteiger partial charge in [-0.25, -0.2) is 0 Å². The van der Waals surface area contributed by atoms with Gasteiger partial charge in [0.25, 0.3) is 0 Å². The van der Waals surface area contributed by atoms with Gasteiger partial charge < -0.3 is 9.26 Å². The molecule has 25 heavy (non-hydrogen) atoms. The highest BCUT2D eigenvalue weighted by molar-refractivity contribution is 6.74. The monoisotopic (exact) mass is 355 g/mol. The van der Waals surface area contributed by atoms with Crippen molar-refractivity contribution in [2.24, 2.45) is 5.16 Å². The van der Waals surface area contributed by atoms with Gasteiger partial charge in [0.1, 0.15) is 12.3 Å². The van der Waals surface area contributed by atoms with Gasteiger partial charge in [0.2, 0.25) is 0 Å². The number of hydrogen-bond donors (Lipinski definition) is 0. The Labute approximate surface area is 152 Å². The summed E-state index contributed by atoms with van der Waals surface area (Å²) in [7, 11) is -1.74. The summed E-state index contributed by atoms with van der Waals surface area (Å²) in [5, 5.41) is 4.60. The van der Waals surface area contributed by atoms with E-state index in [0.717, 1.165) is 16.8 Å². The Morgan fingerprint density at radius 2 is 1.32 bits per heavy atom. The van der Waals surface area contributed by atoms with Gasteiger partial charge in [0.05, 0.1) is 6.61 Å². The number of benzene rings is 2. The molecule has 3 nitrogen and oxygen atoms in total. The first kappa shape index (κ1) is 19.4. The fraction of sp³-hybridized carbons (Fsp3) is 0.381. The highest BCUT2D eigenvalue weighted by Crippen LogP contribution is 2.36. The van der Waals surface area contributed by atoms with E-state index in [1.807, 2.05) is 60.7 Å². The minimum Gasteiger partial charge on any atom is -0.413 e. The Hall–Kier alpha value is -1.91. The Morgan fingerprint density at radius 1 is 0.840 bits per heavy atom. The first-order chi connectivity index (χ1) is 11.8. The maximum atomic E-state index is 6.13. The van der Waals surface area contributed by atoms with Crippen LogP contribution in [0.15, 0.2) is 65.8 Å². The Morgan fingerprint density at radius 3 is 1.76 bits per heavy atom. The molecule has 0 aromatic heterocycles. The van der Waals surface area contributed by atoms with Gasteiger partial charge in [0.15, 0.2) is 8.32 Å². The standard InChI is InChI=1S/C21H29NO2Si/c1-21(2,3)25(4,5)24-17-16-23-22-20(18-12-8-6-9-13-18)19-14-10-7-11-15-19/h6-15H,16-17H2,1-5H3. The largest absolute Gasteiger partial charge is 0.413 e. The number of nitrogens with zero attached hydrogens (tertiary/aromatic N) is 1. The van der Waals surface area contributed by atoms with Crippen LogP contribution < -0.4 is 0 Å². The number of rotatable bonds is 7. The van der Waals surface area contributed by atoms with E-state index in [4.69, 9.17) is 9.26 Å². The van der Waals surface area contributed by atoms with Crippen molar-refractivity contribution in [1.29, 1.82) is 0 Å². The summed E-state index contributed by atoms with van der Waals surface area (Å²) in [6.07, 6.45) is 0. The van der Waals surface area contributed by atoms with E-state index in [0.29, 0.717) is 13.2 Å². The van der Waals surface area contributed by atoms with Crippen molar-refractivity contribution in [3.63, 3.8) is 0 Å². The molecule has 0 amide bonds. The second-order valence-electron chi connectivity index (χ2n) is 7.61. The molecular weight excluding hydrogens is 326 g/mol. The van der Waals surface area contributed by atoms with Crippen LogP contribution in [0.2, 0.25) is 18.1 Å². The van der Waals surface area contributed by atoms with Crippen LogP contribution in [0.5, 0.6) is 0 Å². The molecule has 0 N–H and O–H groups in total. The van der Waals surface area contributed by atoms with E-state index >= 15 is 0 Å². The zero-order valence-corrected chi connectivity index (χ0v) is 17.0. The summed E-state index contributed by atoms with van der Waals surface area (Å²) in [6.45, 7) is 12.2. The molecule has 0 fully saturated rings. The highest BCUT2D eigenvalue weighted by atomic mass is 28.4. The molecule has 0 saturated carbocycles. The second kappa shape index (κ2) is 8.45. The fourth-order valence-electron chi connectivity index (χ4n) is 2.12. The normalized spacial score (nSPS) is 11.9. The van der Waals surface area contributed by atoms with E-state index in [2.05, 4.69) is 39.0 Å². The lowest BCUT2D eigenvalue weighted by atomic mass is 10.0. The summed E-state index contributed by atoms with van der Waals surface area (Å²) in [5.74, 6) is 0. The van der Waals surface area contributed by atoms with Crippen LogP contribution in [-0.2, 0) is 9.26 Å². The van der Waals surface area contributed by atoms with E-state index in [9.17, 15) is 0 Å². The first-order valence-electron chi connectivity index (χ1n) is 8.76. The maximum absolute atomic E-state index is 6.13. The Balaban J connectivity index is 2.02. The van der Waals surface area contributed by atoms with Gasteiger partial charge in [-0.15, -0.1) is 0 Å². The zero-order valence-electron chi connectivity index (χ0n) is 16.0. The lowest BCUT2D eigenvalue weighted by Crippen LogP contribution is -2.41. The molecule has 0 aliphatic rings. The molecule has 0 spiro atoms. The van der Waals surface area contributed by atoms with Crippen molar-refractivity contribution in [2.45, 2.75) is 38.9 Å². The molecule has 0 radical (unpaired) electrons. The van der Waals surface area contributed by atoms with Crippen LogP contribution in [0.25, 0.3) is 0 Å². The lowest BCUT2D eigenvalue weighted by molar-refractivity contribution is 0.102. The summed E-state index contributed by atoms with van der Waals surface area (Å²) < 4.78 is 6.13. The summed E-state index contributed by atoms with van der Waals surface area (Å²) in [4.78, 5) is 5.60. The Kier molecular flexibility index (Phi) is 6.56. The van der Waals surface area contributed by atoms with Crippen molar-refractivity contribution in [1.82, 2.24) is 0 Å². The van der Waals surface area contributed by atoms with E-state index < -0.39 is 8.32 Å². The molecule has 0 saturated heterocycles. The molecule has 0 aliphatic heterocycles. The smallest absolute Gasteiger partial charge is 0.192 e. The van der Waals surface area contributed by atoms with Crippen LogP contribution >= 0.6 is 0 Å². The van der Waals surface area contributed by atoms with Crippen LogP contribution in [0.4, 0.5) is 0 Å². The molecule has 0 aliphatic carbocycles. The summed E-state index contributed by atoms with van der Waals surface area (Å²) in [5.41, 5.74) is 2.92. The minimum absolute atomic E-state index is 0.204. The van der Waals surface area contributed by atoms with E-state index in [-0.39, 0.29) is 5.04 Å². The van der Waals surface area contributed by atoms with E-state index in [1.54, 1.807) is 0 Å². The third kappa shape index (κ3) is 5.55. The molecular formula is C21H29NO2Si. The van der Waals surface area contributed by atoms with Crippen molar-refractivity contribution in [3.05, 3.63) is 71.8 Å². The average molecular weight is 356 g/mol. The van der Waals surface area contributed by atoms with Crippen molar-refractivity contribution < 1.29 is 9.26 Å². The van der Waals surface area contributed by atoms with Crippen molar-refractivity contribution >= 4 is 14.0 Å². The van der Waals surface area contributed by atoms with Crippen molar-refractivity contribution in [2.75, 3.05) is 13.2 Å². The molecule has 2 rings (SSSR count). The molecule has 0 heterocycles. The quantitative estimate of drug-likeness (QED) is 0.285. The third-order valence-corrected chi connectivity index (χ3v) is 9.23.